The fraction of sp³-hybridized carbons (Fsp3) is 0.478. The van der Waals surface area contributed by atoms with Crippen molar-refractivity contribution in [2.24, 2.45) is 0 Å². The smallest absolute Gasteiger partial charge is 0.337 e. The Kier molecular flexibility index (Phi) is 10.0. The van der Waals surface area contributed by atoms with Crippen LogP contribution < -0.4 is 5.32 Å². The number of ether oxygens (including phenoxy) is 4. The standard InChI is InChI=1S/C23H29Cl2NO6/c1-13(2)32-23(28)19-15(4)26-14(3)18(22(27)31-12-11-30-10-9-29-5)20(19)16-7-6-8-17(24)21(16)25/h6-8,13,20,26H,9-12H2,1-5H3/t20-/m0/s1. The van der Waals surface area contributed by atoms with E-state index in [1.165, 1.54) is 0 Å². The zero-order valence-electron chi connectivity index (χ0n) is 18.9. The normalized spacial score (nSPS) is 16.3. The molecule has 1 aliphatic rings. The van der Waals surface area contributed by atoms with E-state index in [-0.39, 0.29) is 35.5 Å². The van der Waals surface area contributed by atoms with Gasteiger partial charge in [-0.15, -0.1) is 0 Å². The zero-order chi connectivity index (χ0) is 23.8. The average molecular weight is 486 g/mol. The Bertz CT molecular complexity index is 910. The molecular weight excluding hydrogens is 457 g/mol. The number of hydrogen-bond donors (Lipinski definition) is 1. The monoisotopic (exact) mass is 485 g/mol. The van der Waals surface area contributed by atoms with Crippen molar-refractivity contribution < 1.29 is 28.5 Å². The average Bonchev–Trinajstić information content (AvgIpc) is 2.71. The second-order valence-corrected chi connectivity index (χ2v) is 8.26. The minimum Gasteiger partial charge on any atom is -0.460 e. The van der Waals surface area contributed by atoms with Gasteiger partial charge in [-0.25, -0.2) is 9.59 Å². The summed E-state index contributed by atoms with van der Waals surface area (Å²) in [6.07, 6.45) is -0.343. The van der Waals surface area contributed by atoms with E-state index in [0.717, 1.165) is 0 Å². The fourth-order valence-electron chi connectivity index (χ4n) is 3.38. The number of carbonyl (C=O) groups excluding carboxylic acids is 2. The van der Waals surface area contributed by atoms with Crippen molar-refractivity contribution in [3.63, 3.8) is 0 Å². The van der Waals surface area contributed by atoms with Crippen LogP contribution in [0.15, 0.2) is 40.7 Å². The number of hydrogen-bond acceptors (Lipinski definition) is 7. The lowest BCUT2D eigenvalue weighted by Gasteiger charge is -2.31. The third-order valence-electron chi connectivity index (χ3n) is 4.73. The Hall–Kier alpha value is -2.06. The summed E-state index contributed by atoms with van der Waals surface area (Å²) in [6, 6.07) is 5.09. The highest BCUT2D eigenvalue weighted by Gasteiger charge is 2.39. The van der Waals surface area contributed by atoms with Crippen LogP contribution in [-0.4, -0.2) is 51.6 Å². The molecule has 1 heterocycles. The van der Waals surface area contributed by atoms with Gasteiger partial charge in [0.05, 0.1) is 53.0 Å². The van der Waals surface area contributed by atoms with Crippen molar-refractivity contribution in [2.45, 2.75) is 39.7 Å². The Morgan fingerprint density at radius 2 is 1.62 bits per heavy atom. The van der Waals surface area contributed by atoms with Gasteiger partial charge < -0.3 is 24.3 Å². The van der Waals surface area contributed by atoms with E-state index in [2.05, 4.69) is 5.32 Å². The van der Waals surface area contributed by atoms with Crippen LogP contribution in [0, 0.1) is 0 Å². The Labute approximate surface area is 198 Å². The molecule has 7 nitrogen and oxygen atoms in total. The molecule has 0 aromatic heterocycles. The largest absolute Gasteiger partial charge is 0.460 e. The molecule has 1 aromatic rings. The lowest BCUT2D eigenvalue weighted by molar-refractivity contribution is -0.143. The zero-order valence-corrected chi connectivity index (χ0v) is 20.4. The molecule has 32 heavy (non-hydrogen) atoms. The van der Waals surface area contributed by atoms with Crippen molar-refractivity contribution in [2.75, 3.05) is 33.5 Å². The molecule has 1 aliphatic heterocycles. The van der Waals surface area contributed by atoms with Crippen molar-refractivity contribution >= 4 is 35.1 Å². The summed E-state index contributed by atoms with van der Waals surface area (Å²) in [6.45, 7) is 8.10. The van der Waals surface area contributed by atoms with Gasteiger partial charge in [-0.3, -0.25) is 0 Å². The summed E-state index contributed by atoms with van der Waals surface area (Å²) in [5.41, 5.74) is 2.16. The molecule has 1 N–H and O–H groups in total. The first-order chi connectivity index (χ1) is 15.2. The molecule has 0 bridgehead atoms. The first-order valence-electron chi connectivity index (χ1n) is 10.3. The minimum atomic E-state index is -0.810. The molecule has 0 unspecified atom stereocenters. The topological polar surface area (TPSA) is 83.1 Å². The van der Waals surface area contributed by atoms with Crippen LogP contribution in [0.2, 0.25) is 10.0 Å². The third-order valence-corrected chi connectivity index (χ3v) is 5.56. The molecular formula is C23H29Cl2NO6. The third kappa shape index (κ3) is 6.48. The van der Waals surface area contributed by atoms with Crippen LogP contribution in [-0.2, 0) is 28.5 Å². The highest BCUT2D eigenvalue weighted by atomic mass is 35.5. The quantitative estimate of drug-likeness (QED) is 0.388. The second kappa shape index (κ2) is 12.3. The van der Waals surface area contributed by atoms with Gasteiger partial charge in [0.2, 0.25) is 0 Å². The molecule has 0 radical (unpaired) electrons. The predicted octanol–water partition coefficient (Wildman–Crippen LogP) is 4.39. The number of carbonyl (C=O) groups is 2. The van der Waals surface area contributed by atoms with Crippen molar-refractivity contribution in [3.8, 4) is 0 Å². The Morgan fingerprint density at radius 1 is 1.00 bits per heavy atom. The van der Waals surface area contributed by atoms with Gasteiger partial charge >= 0.3 is 11.9 Å². The van der Waals surface area contributed by atoms with Gasteiger partial charge in [-0.2, -0.15) is 0 Å². The number of esters is 2. The maximum atomic E-state index is 13.1. The van der Waals surface area contributed by atoms with E-state index < -0.39 is 17.9 Å². The molecule has 9 heteroatoms. The van der Waals surface area contributed by atoms with Gasteiger partial charge in [0.1, 0.15) is 6.61 Å². The van der Waals surface area contributed by atoms with Gasteiger partial charge in [0.25, 0.3) is 0 Å². The molecule has 0 aliphatic carbocycles. The Morgan fingerprint density at radius 3 is 2.25 bits per heavy atom. The lowest BCUT2D eigenvalue weighted by Crippen LogP contribution is -2.33. The van der Waals surface area contributed by atoms with Gasteiger partial charge in [-0.1, -0.05) is 35.3 Å². The number of dihydropyridines is 1. The van der Waals surface area contributed by atoms with Crippen molar-refractivity contribution in [1.82, 2.24) is 5.32 Å². The van der Waals surface area contributed by atoms with E-state index in [4.69, 9.17) is 42.1 Å². The van der Waals surface area contributed by atoms with Gasteiger partial charge in [0, 0.05) is 18.5 Å². The molecule has 2 rings (SSSR count). The first kappa shape index (κ1) is 26.2. The van der Waals surface area contributed by atoms with Crippen LogP contribution in [0.5, 0.6) is 0 Å². The summed E-state index contributed by atoms with van der Waals surface area (Å²) in [7, 11) is 1.58. The number of rotatable bonds is 10. The lowest BCUT2D eigenvalue weighted by atomic mass is 9.80. The number of methoxy groups -OCH3 is 1. The number of benzene rings is 1. The number of allylic oxidation sites excluding steroid dienone is 2. The minimum absolute atomic E-state index is 0.0454. The maximum Gasteiger partial charge on any atom is 0.337 e. The highest BCUT2D eigenvalue weighted by Crippen LogP contribution is 2.43. The van der Waals surface area contributed by atoms with Gasteiger partial charge in [0.15, 0.2) is 0 Å². The molecule has 1 aromatic carbocycles. The summed E-state index contributed by atoms with van der Waals surface area (Å²) < 4.78 is 21.2. The molecule has 0 saturated heterocycles. The van der Waals surface area contributed by atoms with Crippen LogP contribution in [0.4, 0.5) is 0 Å². The van der Waals surface area contributed by atoms with Crippen LogP contribution in [0.1, 0.15) is 39.2 Å². The van der Waals surface area contributed by atoms with E-state index in [0.29, 0.717) is 35.2 Å². The fourth-order valence-corrected chi connectivity index (χ4v) is 3.80. The highest BCUT2D eigenvalue weighted by molar-refractivity contribution is 6.42. The summed E-state index contributed by atoms with van der Waals surface area (Å²) in [5, 5.41) is 3.67. The molecule has 0 amide bonds. The van der Waals surface area contributed by atoms with Crippen LogP contribution in [0.25, 0.3) is 0 Å². The summed E-state index contributed by atoms with van der Waals surface area (Å²) >= 11 is 12.8. The van der Waals surface area contributed by atoms with Gasteiger partial charge in [-0.05, 0) is 39.3 Å². The summed E-state index contributed by atoms with van der Waals surface area (Å²) in [5.74, 6) is -1.95. The van der Waals surface area contributed by atoms with Crippen molar-refractivity contribution in [3.05, 3.63) is 56.3 Å². The predicted molar refractivity (Wildman–Crippen MR) is 123 cm³/mol. The van der Waals surface area contributed by atoms with Crippen LogP contribution in [0.3, 0.4) is 0 Å². The Balaban J connectivity index is 2.41. The summed E-state index contributed by atoms with van der Waals surface area (Å²) in [4.78, 5) is 26.2. The van der Waals surface area contributed by atoms with E-state index >= 15 is 0 Å². The SMILES string of the molecule is COCCOCCOC(=O)C1=C(C)NC(C)=C(C(=O)OC(C)C)[C@H]1c1cccc(Cl)c1Cl. The number of nitrogens with one attached hydrogen (secondary N) is 1. The number of halogens is 2. The second-order valence-electron chi connectivity index (χ2n) is 7.47. The molecule has 176 valence electrons. The molecule has 0 saturated carbocycles. The molecule has 1 atom stereocenters. The van der Waals surface area contributed by atoms with Crippen LogP contribution >= 0.6 is 23.2 Å². The van der Waals surface area contributed by atoms with Crippen molar-refractivity contribution in [1.29, 1.82) is 0 Å². The van der Waals surface area contributed by atoms with E-state index in [9.17, 15) is 9.59 Å². The van der Waals surface area contributed by atoms with E-state index in [1.54, 1.807) is 53.0 Å². The first-order valence-corrected chi connectivity index (χ1v) is 11.0. The maximum absolute atomic E-state index is 13.1. The molecule has 0 fully saturated rings. The molecule has 0 spiro atoms. The van der Waals surface area contributed by atoms with E-state index in [1.807, 2.05) is 0 Å².